The van der Waals surface area contributed by atoms with E-state index in [1.54, 1.807) is 4.90 Å². The molecule has 1 rings (SSSR count). The van der Waals surface area contributed by atoms with Crippen molar-refractivity contribution in [1.82, 2.24) is 10.2 Å². The first kappa shape index (κ1) is 15.0. The van der Waals surface area contributed by atoms with E-state index in [-0.39, 0.29) is 30.4 Å². The number of ether oxygens (including phenoxy) is 1. The molecule has 1 saturated heterocycles. The molecule has 1 heterocycles. The van der Waals surface area contributed by atoms with Gasteiger partial charge in [-0.2, -0.15) is 0 Å². The van der Waals surface area contributed by atoms with Gasteiger partial charge >= 0.3 is 5.97 Å². The summed E-state index contributed by atoms with van der Waals surface area (Å²) in [7, 11) is 1.37. The van der Waals surface area contributed by atoms with E-state index in [0.717, 1.165) is 13.0 Å². The Labute approximate surface area is 109 Å². The van der Waals surface area contributed by atoms with Crippen molar-refractivity contribution < 1.29 is 14.3 Å². The van der Waals surface area contributed by atoms with Crippen molar-refractivity contribution in [3.05, 3.63) is 0 Å². The van der Waals surface area contributed by atoms with Gasteiger partial charge in [0.1, 0.15) is 0 Å². The lowest BCUT2D eigenvalue weighted by Gasteiger charge is -2.37. The second-order valence-corrected chi connectivity index (χ2v) is 5.30. The molecule has 104 valence electrons. The summed E-state index contributed by atoms with van der Waals surface area (Å²) >= 11 is 0. The van der Waals surface area contributed by atoms with Crippen LogP contribution in [0.15, 0.2) is 0 Å². The van der Waals surface area contributed by atoms with Crippen LogP contribution in [0.5, 0.6) is 0 Å². The third-order valence-electron chi connectivity index (χ3n) is 3.25. The topological polar surface area (TPSA) is 58.6 Å². The van der Waals surface area contributed by atoms with E-state index in [0.29, 0.717) is 12.5 Å². The Bertz CT molecular complexity index is 305. The molecule has 5 nitrogen and oxygen atoms in total. The largest absolute Gasteiger partial charge is 0.469 e. The molecule has 1 aliphatic heterocycles. The maximum absolute atomic E-state index is 12.3. The van der Waals surface area contributed by atoms with Crippen molar-refractivity contribution in [1.29, 1.82) is 0 Å². The van der Waals surface area contributed by atoms with Crippen LogP contribution >= 0.6 is 0 Å². The van der Waals surface area contributed by atoms with Gasteiger partial charge in [0.15, 0.2) is 0 Å². The third kappa shape index (κ3) is 3.98. The first-order valence-corrected chi connectivity index (χ1v) is 6.56. The van der Waals surface area contributed by atoms with E-state index < -0.39 is 0 Å². The summed E-state index contributed by atoms with van der Waals surface area (Å²) in [6, 6.07) is -0.208. The molecule has 0 radical (unpaired) electrons. The maximum Gasteiger partial charge on any atom is 0.307 e. The number of rotatable bonds is 5. The van der Waals surface area contributed by atoms with Crippen LogP contribution in [0.1, 0.15) is 33.6 Å². The standard InChI is InChI=1S/C13H24N2O3/c1-9(2)7-11-13(17)15(6-5-14-11)10(3)8-12(16)18-4/h9-11,14H,5-8H2,1-4H3/t10?,11-/m0/s1. The Morgan fingerprint density at radius 1 is 1.50 bits per heavy atom. The van der Waals surface area contributed by atoms with Crippen molar-refractivity contribution in [3.63, 3.8) is 0 Å². The van der Waals surface area contributed by atoms with Gasteiger partial charge < -0.3 is 15.0 Å². The van der Waals surface area contributed by atoms with Gasteiger partial charge in [0.25, 0.3) is 0 Å². The summed E-state index contributed by atoms with van der Waals surface area (Å²) < 4.78 is 4.65. The number of esters is 1. The minimum absolute atomic E-state index is 0.0956. The summed E-state index contributed by atoms with van der Waals surface area (Å²) in [4.78, 5) is 25.3. The lowest BCUT2D eigenvalue weighted by molar-refractivity contribution is -0.145. The quantitative estimate of drug-likeness (QED) is 0.739. The van der Waals surface area contributed by atoms with E-state index in [4.69, 9.17) is 0 Å². The summed E-state index contributed by atoms with van der Waals surface area (Å²) in [5.74, 6) is 0.308. The predicted molar refractivity (Wildman–Crippen MR) is 69.1 cm³/mol. The average molecular weight is 256 g/mol. The van der Waals surface area contributed by atoms with Gasteiger partial charge in [-0.3, -0.25) is 9.59 Å². The summed E-state index contributed by atoms with van der Waals surface area (Å²) in [6.45, 7) is 7.55. The van der Waals surface area contributed by atoms with Gasteiger partial charge in [0.05, 0.1) is 19.6 Å². The smallest absolute Gasteiger partial charge is 0.307 e. The molecule has 1 aliphatic rings. The molecule has 1 unspecified atom stereocenters. The molecule has 0 aromatic carbocycles. The minimum Gasteiger partial charge on any atom is -0.469 e. The first-order valence-electron chi connectivity index (χ1n) is 6.56. The van der Waals surface area contributed by atoms with Crippen LogP contribution in [0.3, 0.4) is 0 Å². The Kier molecular flexibility index (Phi) is 5.59. The van der Waals surface area contributed by atoms with Crippen LogP contribution < -0.4 is 5.32 Å². The van der Waals surface area contributed by atoms with Crippen LogP contribution in [0, 0.1) is 5.92 Å². The van der Waals surface area contributed by atoms with Crippen molar-refractivity contribution >= 4 is 11.9 Å². The number of carbonyl (C=O) groups is 2. The molecular formula is C13H24N2O3. The van der Waals surface area contributed by atoms with Crippen LogP contribution in [0.2, 0.25) is 0 Å². The zero-order chi connectivity index (χ0) is 13.7. The fourth-order valence-electron chi connectivity index (χ4n) is 2.28. The van der Waals surface area contributed by atoms with Gasteiger partial charge in [-0.1, -0.05) is 13.8 Å². The molecule has 2 atom stereocenters. The van der Waals surface area contributed by atoms with Crippen LogP contribution in [-0.2, 0) is 14.3 Å². The third-order valence-corrected chi connectivity index (χ3v) is 3.25. The number of hydrogen-bond acceptors (Lipinski definition) is 4. The first-order chi connectivity index (χ1) is 8.45. The number of nitrogens with zero attached hydrogens (tertiary/aromatic N) is 1. The van der Waals surface area contributed by atoms with E-state index in [2.05, 4.69) is 23.9 Å². The van der Waals surface area contributed by atoms with E-state index >= 15 is 0 Å². The Balaban J connectivity index is 2.59. The molecule has 18 heavy (non-hydrogen) atoms. The number of hydrogen-bond donors (Lipinski definition) is 1. The van der Waals surface area contributed by atoms with Gasteiger partial charge in [0.2, 0.25) is 5.91 Å². The number of carbonyl (C=O) groups excluding carboxylic acids is 2. The Hall–Kier alpha value is -1.10. The van der Waals surface area contributed by atoms with Crippen molar-refractivity contribution in [2.75, 3.05) is 20.2 Å². The highest BCUT2D eigenvalue weighted by Crippen LogP contribution is 2.15. The lowest BCUT2D eigenvalue weighted by atomic mass is 10.00. The fourth-order valence-corrected chi connectivity index (χ4v) is 2.28. The second-order valence-electron chi connectivity index (χ2n) is 5.30. The zero-order valence-corrected chi connectivity index (χ0v) is 11.7. The van der Waals surface area contributed by atoms with E-state index in [9.17, 15) is 9.59 Å². The van der Waals surface area contributed by atoms with Crippen molar-refractivity contribution in [2.24, 2.45) is 5.92 Å². The summed E-state index contributed by atoms with van der Waals surface area (Å²) in [5.41, 5.74) is 0. The number of nitrogens with one attached hydrogen (secondary N) is 1. The van der Waals surface area contributed by atoms with Crippen LogP contribution in [0.25, 0.3) is 0 Å². The van der Waals surface area contributed by atoms with Crippen molar-refractivity contribution in [3.8, 4) is 0 Å². The SMILES string of the molecule is COC(=O)CC(C)N1CCN[C@@H](CC(C)C)C1=O. The monoisotopic (exact) mass is 256 g/mol. The zero-order valence-electron chi connectivity index (χ0n) is 11.7. The maximum atomic E-state index is 12.3. The highest BCUT2D eigenvalue weighted by molar-refractivity contribution is 5.83. The number of methoxy groups -OCH3 is 1. The van der Waals surface area contributed by atoms with Crippen LogP contribution in [-0.4, -0.2) is 49.1 Å². The molecule has 5 heteroatoms. The minimum atomic E-state index is -0.269. The lowest BCUT2D eigenvalue weighted by Crippen LogP contribution is -2.58. The van der Waals surface area contributed by atoms with E-state index in [1.807, 2.05) is 6.92 Å². The highest BCUT2D eigenvalue weighted by atomic mass is 16.5. The molecule has 0 spiro atoms. The summed E-state index contributed by atoms with van der Waals surface area (Å²) in [6.07, 6.45) is 1.09. The molecule has 1 amide bonds. The Morgan fingerprint density at radius 2 is 2.17 bits per heavy atom. The highest BCUT2D eigenvalue weighted by Gasteiger charge is 2.32. The summed E-state index contributed by atoms with van der Waals surface area (Å²) in [5, 5.41) is 3.24. The molecule has 0 bridgehead atoms. The predicted octanol–water partition coefficient (Wildman–Crippen LogP) is 0.785. The normalized spacial score (nSPS) is 22.2. The number of piperazine rings is 1. The molecule has 0 saturated carbocycles. The van der Waals surface area contributed by atoms with Gasteiger partial charge in [-0.15, -0.1) is 0 Å². The average Bonchev–Trinajstić information content (AvgIpc) is 2.31. The van der Waals surface area contributed by atoms with E-state index in [1.165, 1.54) is 7.11 Å². The van der Waals surface area contributed by atoms with Gasteiger partial charge in [0, 0.05) is 19.1 Å². The number of amides is 1. The molecular weight excluding hydrogens is 232 g/mol. The fraction of sp³-hybridized carbons (Fsp3) is 0.846. The molecule has 1 fully saturated rings. The molecule has 0 aliphatic carbocycles. The van der Waals surface area contributed by atoms with Crippen molar-refractivity contribution in [2.45, 2.75) is 45.7 Å². The molecule has 0 aromatic heterocycles. The van der Waals surface area contributed by atoms with Crippen LogP contribution in [0.4, 0.5) is 0 Å². The van der Waals surface area contributed by atoms with Gasteiger partial charge in [-0.25, -0.2) is 0 Å². The molecule has 1 N–H and O–H groups in total. The second kappa shape index (κ2) is 6.73. The molecule has 0 aromatic rings. The Morgan fingerprint density at radius 3 is 2.72 bits per heavy atom. The van der Waals surface area contributed by atoms with Gasteiger partial charge in [-0.05, 0) is 19.3 Å².